The van der Waals surface area contributed by atoms with Crippen LogP contribution in [0.25, 0.3) is 0 Å². The van der Waals surface area contributed by atoms with Crippen LogP contribution in [0.2, 0.25) is 0 Å². The van der Waals surface area contributed by atoms with Gasteiger partial charge in [0.1, 0.15) is 23.2 Å². The molecule has 1 saturated heterocycles. The number of amides is 2. The molecule has 9 nitrogen and oxygen atoms in total. The number of nitrogens with one attached hydrogen (secondary N) is 3. The number of ether oxygens (including phenoxy) is 2. The first-order valence-corrected chi connectivity index (χ1v) is 10.4. The standard InChI is InChI=1S/C23H26N6O3/c1-16-24-21(15-22(25-16)29-11-13-32-14-12-29)26-17-3-5-18(6-4-17)27-23(30)28-19-7-9-20(31-2)10-8-19/h3-10,15H,11-14H2,1-2H3,(H,24,25,26)(H2,27,28,30). The number of morpholine rings is 1. The summed E-state index contributed by atoms with van der Waals surface area (Å²) >= 11 is 0. The van der Waals surface area contributed by atoms with Crippen molar-refractivity contribution in [3.8, 4) is 5.75 Å². The third-order valence-electron chi connectivity index (χ3n) is 4.92. The lowest BCUT2D eigenvalue weighted by atomic mass is 10.2. The van der Waals surface area contributed by atoms with Crippen LogP contribution in [-0.2, 0) is 4.74 Å². The predicted molar refractivity (Wildman–Crippen MR) is 125 cm³/mol. The molecular formula is C23H26N6O3. The zero-order valence-corrected chi connectivity index (χ0v) is 18.1. The summed E-state index contributed by atoms with van der Waals surface area (Å²) in [5.74, 6) is 3.04. The van der Waals surface area contributed by atoms with Gasteiger partial charge in [0.25, 0.3) is 0 Å². The highest BCUT2D eigenvalue weighted by Crippen LogP contribution is 2.22. The van der Waals surface area contributed by atoms with E-state index in [9.17, 15) is 4.79 Å². The first-order chi connectivity index (χ1) is 15.6. The van der Waals surface area contributed by atoms with Crippen molar-refractivity contribution in [2.24, 2.45) is 0 Å². The Labute approximate surface area is 186 Å². The maximum Gasteiger partial charge on any atom is 0.323 e. The Hall–Kier alpha value is -3.85. The Morgan fingerprint density at radius 3 is 2.16 bits per heavy atom. The number of hydrogen-bond donors (Lipinski definition) is 3. The summed E-state index contributed by atoms with van der Waals surface area (Å²) in [6.45, 7) is 4.91. The van der Waals surface area contributed by atoms with Crippen LogP contribution in [0, 0.1) is 6.92 Å². The molecule has 2 aromatic carbocycles. The van der Waals surface area contributed by atoms with E-state index in [0.717, 1.165) is 36.2 Å². The zero-order chi connectivity index (χ0) is 22.3. The van der Waals surface area contributed by atoms with E-state index in [1.165, 1.54) is 0 Å². The number of benzene rings is 2. The minimum Gasteiger partial charge on any atom is -0.497 e. The zero-order valence-electron chi connectivity index (χ0n) is 18.1. The average molecular weight is 435 g/mol. The Morgan fingerprint density at radius 2 is 1.53 bits per heavy atom. The van der Waals surface area contributed by atoms with Gasteiger partial charge in [-0.25, -0.2) is 14.8 Å². The summed E-state index contributed by atoms with van der Waals surface area (Å²) in [4.78, 5) is 23.5. The quantitative estimate of drug-likeness (QED) is 0.539. The smallest absolute Gasteiger partial charge is 0.323 e. The van der Waals surface area contributed by atoms with Gasteiger partial charge in [-0.2, -0.15) is 0 Å². The number of nitrogens with zero attached hydrogens (tertiary/aromatic N) is 3. The lowest BCUT2D eigenvalue weighted by Crippen LogP contribution is -2.36. The minimum atomic E-state index is -0.322. The number of aryl methyl sites for hydroxylation is 1. The maximum atomic E-state index is 12.2. The van der Waals surface area contributed by atoms with Crippen LogP contribution in [-0.4, -0.2) is 49.4 Å². The van der Waals surface area contributed by atoms with Crippen molar-refractivity contribution in [1.29, 1.82) is 0 Å². The van der Waals surface area contributed by atoms with E-state index < -0.39 is 0 Å². The van der Waals surface area contributed by atoms with Crippen LogP contribution in [0.1, 0.15) is 5.82 Å². The molecule has 4 rings (SSSR count). The molecular weight excluding hydrogens is 408 g/mol. The monoisotopic (exact) mass is 434 g/mol. The predicted octanol–water partition coefficient (Wildman–Crippen LogP) is 4.02. The second-order valence-electron chi connectivity index (χ2n) is 7.27. The van der Waals surface area contributed by atoms with E-state index in [4.69, 9.17) is 9.47 Å². The average Bonchev–Trinajstić information content (AvgIpc) is 2.81. The molecule has 1 fully saturated rings. The van der Waals surface area contributed by atoms with Crippen molar-refractivity contribution in [2.75, 3.05) is 54.3 Å². The Morgan fingerprint density at radius 1 is 0.938 bits per heavy atom. The van der Waals surface area contributed by atoms with Crippen molar-refractivity contribution in [1.82, 2.24) is 9.97 Å². The molecule has 166 valence electrons. The molecule has 2 heterocycles. The van der Waals surface area contributed by atoms with Gasteiger partial charge in [-0.15, -0.1) is 0 Å². The maximum absolute atomic E-state index is 12.2. The van der Waals surface area contributed by atoms with Crippen LogP contribution in [0.4, 0.5) is 33.5 Å². The van der Waals surface area contributed by atoms with Crippen molar-refractivity contribution in [3.63, 3.8) is 0 Å². The number of rotatable bonds is 6. The molecule has 0 spiro atoms. The van der Waals surface area contributed by atoms with Crippen LogP contribution in [0.5, 0.6) is 5.75 Å². The topological polar surface area (TPSA) is 101 Å². The summed E-state index contributed by atoms with van der Waals surface area (Å²) in [6.07, 6.45) is 0. The van der Waals surface area contributed by atoms with E-state index in [-0.39, 0.29) is 6.03 Å². The lowest BCUT2D eigenvalue weighted by molar-refractivity contribution is 0.122. The fourth-order valence-electron chi connectivity index (χ4n) is 3.32. The van der Waals surface area contributed by atoms with E-state index in [2.05, 4.69) is 30.8 Å². The summed E-state index contributed by atoms with van der Waals surface area (Å²) in [6, 6.07) is 16.2. The van der Waals surface area contributed by atoms with Gasteiger partial charge in [-0.05, 0) is 55.5 Å². The fourth-order valence-corrected chi connectivity index (χ4v) is 3.32. The molecule has 32 heavy (non-hydrogen) atoms. The number of urea groups is 1. The molecule has 0 unspecified atom stereocenters. The fraction of sp³-hybridized carbons (Fsp3) is 0.261. The molecule has 0 saturated carbocycles. The lowest BCUT2D eigenvalue weighted by Gasteiger charge is -2.28. The Balaban J connectivity index is 1.36. The van der Waals surface area contributed by atoms with E-state index in [1.54, 1.807) is 31.4 Å². The number of carbonyl (C=O) groups excluding carboxylic acids is 1. The van der Waals surface area contributed by atoms with E-state index >= 15 is 0 Å². The second-order valence-corrected chi connectivity index (χ2v) is 7.27. The number of carbonyl (C=O) groups is 1. The van der Waals surface area contributed by atoms with Gasteiger partial charge in [-0.3, -0.25) is 0 Å². The third-order valence-corrected chi connectivity index (χ3v) is 4.92. The van der Waals surface area contributed by atoms with Crippen molar-refractivity contribution >= 4 is 34.7 Å². The van der Waals surface area contributed by atoms with Crippen molar-refractivity contribution in [3.05, 3.63) is 60.4 Å². The molecule has 1 aromatic heterocycles. The molecule has 0 aliphatic carbocycles. The van der Waals surface area contributed by atoms with Crippen LogP contribution >= 0.6 is 0 Å². The van der Waals surface area contributed by atoms with Gasteiger partial charge in [0.2, 0.25) is 0 Å². The number of anilines is 5. The first kappa shape index (κ1) is 21.4. The van der Waals surface area contributed by atoms with Crippen LogP contribution in [0.15, 0.2) is 54.6 Å². The molecule has 0 atom stereocenters. The number of aromatic nitrogens is 2. The molecule has 0 radical (unpaired) electrons. The highest BCUT2D eigenvalue weighted by atomic mass is 16.5. The molecule has 3 N–H and O–H groups in total. The van der Waals surface area contributed by atoms with Gasteiger partial charge >= 0.3 is 6.03 Å². The molecule has 9 heteroatoms. The van der Waals surface area contributed by atoms with Gasteiger partial charge < -0.3 is 30.3 Å². The highest BCUT2D eigenvalue weighted by molar-refractivity contribution is 5.99. The highest BCUT2D eigenvalue weighted by Gasteiger charge is 2.14. The van der Waals surface area contributed by atoms with Gasteiger partial charge in [0.05, 0.1) is 20.3 Å². The minimum absolute atomic E-state index is 0.322. The van der Waals surface area contributed by atoms with E-state index in [1.807, 2.05) is 37.3 Å². The Kier molecular flexibility index (Phi) is 6.66. The largest absolute Gasteiger partial charge is 0.497 e. The van der Waals surface area contributed by atoms with Gasteiger partial charge in [0.15, 0.2) is 0 Å². The summed E-state index contributed by atoms with van der Waals surface area (Å²) in [7, 11) is 1.60. The van der Waals surface area contributed by atoms with Gasteiger partial charge in [0, 0.05) is 36.2 Å². The van der Waals surface area contributed by atoms with Crippen molar-refractivity contribution < 1.29 is 14.3 Å². The molecule has 1 aliphatic heterocycles. The first-order valence-electron chi connectivity index (χ1n) is 10.4. The normalized spacial score (nSPS) is 13.4. The summed E-state index contributed by atoms with van der Waals surface area (Å²) in [5.41, 5.74) is 2.21. The summed E-state index contributed by atoms with van der Waals surface area (Å²) < 4.78 is 10.5. The SMILES string of the molecule is COc1ccc(NC(=O)Nc2ccc(Nc3cc(N4CCOCC4)nc(C)n3)cc2)cc1. The molecule has 1 aliphatic rings. The van der Waals surface area contributed by atoms with Crippen LogP contribution < -0.4 is 25.6 Å². The van der Waals surface area contributed by atoms with Gasteiger partial charge in [-0.1, -0.05) is 0 Å². The van der Waals surface area contributed by atoms with Crippen LogP contribution in [0.3, 0.4) is 0 Å². The molecule has 0 bridgehead atoms. The number of hydrogen-bond acceptors (Lipinski definition) is 7. The molecule has 3 aromatic rings. The summed E-state index contributed by atoms with van der Waals surface area (Å²) in [5, 5.41) is 8.91. The second kappa shape index (κ2) is 9.97. The number of methoxy groups -OCH3 is 1. The van der Waals surface area contributed by atoms with E-state index in [0.29, 0.717) is 30.4 Å². The molecule has 2 amide bonds. The third kappa shape index (κ3) is 5.64. The Bertz CT molecular complexity index is 1050. The van der Waals surface area contributed by atoms with Crippen molar-refractivity contribution in [2.45, 2.75) is 6.92 Å².